The van der Waals surface area contributed by atoms with Gasteiger partial charge in [0.1, 0.15) is 18.1 Å². The maximum absolute atomic E-state index is 13.2. The van der Waals surface area contributed by atoms with Crippen molar-refractivity contribution >= 4 is 29.1 Å². The van der Waals surface area contributed by atoms with Crippen LogP contribution in [-0.2, 0) is 14.3 Å². The number of morpholine rings is 1. The lowest BCUT2D eigenvalue weighted by molar-refractivity contribution is -0.140. The minimum atomic E-state index is -0.705. The summed E-state index contributed by atoms with van der Waals surface area (Å²) in [5, 5.41) is 11.9. The molecule has 0 radical (unpaired) electrons. The number of rotatable bonds is 9. The number of likely N-dealkylation sites (tertiary alicyclic amines) is 1. The predicted molar refractivity (Wildman–Crippen MR) is 139 cm³/mol. The first-order chi connectivity index (χ1) is 17.4. The predicted octanol–water partition coefficient (Wildman–Crippen LogP) is 4.36. The van der Waals surface area contributed by atoms with Gasteiger partial charge in [-0.2, -0.15) is 0 Å². The number of benzene rings is 2. The van der Waals surface area contributed by atoms with E-state index in [0.29, 0.717) is 54.7 Å². The van der Waals surface area contributed by atoms with E-state index < -0.39 is 17.7 Å². The Morgan fingerprint density at radius 3 is 2.56 bits per heavy atom. The molecule has 0 aliphatic carbocycles. The third-order valence-electron chi connectivity index (χ3n) is 6.51. The number of hydrogen-bond acceptors (Lipinski definition) is 6. The van der Waals surface area contributed by atoms with Crippen molar-refractivity contribution in [1.29, 1.82) is 0 Å². The number of aryl methyl sites for hydroxylation is 1. The monoisotopic (exact) mass is 510 g/mol. The van der Waals surface area contributed by atoms with Crippen LogP contribution in [0, 0.1) is 6.92 Å². The van der Waals surface area contributed by atoms with E-state index in [2.05, 4.69) is 11.5 Å². The fourth-order valence-electron chi connectivity index (χ4n) is 4.65. The number of aliphatic hydroxyl groups excluding tert-OH is 1. The summed E-state index contributed by atoms with van der Waals surface area (Å²) >= 11 is 6.10. The number of carbonyl (C=O) groups excluding carboxylic acids is 2. The lowest BCUT2D eigenvalue weighted by atomic mass is 9.94. The van der Waals surface area contributed by atoms with Gasteiger partial charge in [-0.15, -0.1) is 0 Å². The number of ketones is 1. The van der Waals surface area contributed by atoms with Gasteiger partial charge in [-0.05, 0) is 54.8 Å². The first-order valence-corrected chi connectivity index (χ1v) is 12.5. The summed E-state index contributed by atoms with van der Waals surface area (Å²) in [6.07, 6.45) is 2.35. The molecule has 0 spiro atoms. The maximum Gasteiger partial charge on any atom is 0.295 e. The topological polar surface area (TPSA) is 79.3 Å². The zero-order chi connectivity index (χ0) is 25.7. The Morgan fingerprint density at radius 2 is 1.89 bits per heavy atom. The molecule has 0 unspecified atom stereocenters. The molecule has 190 valence electrons. The molecule has 4 rings (SSSR count). The number of halogens is 1. The van der Waals surface area contributed by atoms with Gasteiger partial charge in [0.05, 0.1) is 24.8 Å². The van der Waals surface area contributed by atoms with E-state index in [4.69, 9.17) is 21.1 Å². The summed E-state index contributed by atoms with van der Waals surface area (Å²) in [6.45, 7) is 10.2. The number of nitrogens with zero attached hydrogens (tertiary/aromatic N) is 2. The summed E-state index contributed by atoms with van der Waals surface area (Å²) in [6, 6.07) is 11.5. The van der Waals surface area contributed by atoms with Gasteiger partial charge in [0, 0.05) is 36.8 Å². The molecule has 0 aromatic heterocycles. The Balaban J connectivity index is 1.66. The molecule has 2 aromatic carbocycles. The summed E-state index contributed by atoms with van der Waals surface area (Å²) in [5.41, 5.74) is 2.04. The average molecular weight is 511 g/mol. The number of ether oxygens (including phenoxy) is 2. The van der Waals surface area contributed by atoms with Crippen molar-refractivity contribution in [3.63, 3.8) is 0 Å². The molecule has 7 nitrogen and oxygen atoms in total. The van der Waals surface area contributed by atoms with Crippen LogP contribution in [0.2, 0.25) is 5.02 Å². The molecule has 2 fully saturated rings. The van der Waals surface area contributed by atoms with Crippen molar-refractivity contribution in [2.45, 2.75) is 19.4 Å². The molecule has 1 atom stereocenters. The molecule has 2 aromatic rings. The van der Waals surface area contributed by atoms with Gasteiger partial charge in [0.2, 0.25) is 0 Å². The standard InChI is InChI=1S/C28H31ClN2O5/c1-3-15-36-23-10-7-21(18-19(23)2)26(32)24-25(20-5-8-22(29)9-6-20)31(28(34)27(24)33)12-4-11-30-13-16-35-17-14-30/h3,5-10,18,25,32H,1,4,11-17H2,2H3/t25-/m0/s1. The van der Waals surface area contributed by atoms with Crippen LogP contribution in [0.25, 0.3) is 5.76 Å². The molecule has 8 heteroatoms. The Morgan fingerprint density at radius 1 is 1.17 bits per heavy atom. The normalized spacial score (nSPS) is 20.1. The molecule has 2 aliphatic heterocycles. The first-order valence-electron chi connectivity index (χ1n) is 12.1. The second-order valence-corrected chi connectivity index (χ2v) is 9.37. The second-order valence-electron chi connectivity index (χ2n) is 8.93. The minimum Gasteiger partial charge on any atom is -0.507 e. The van der Waals surface area contributed by atoms with Gasteiger partial charge in [0.25, 0.3) is 11.7 Å². The van der Waals surface area contributed by atoms with E-state index in [9.17, 15) is 14.7 Å². The molecule has 1 amide bonds. The third-order valence-corrected chi connectivity index (χ3v) is 6.76. The molecular formula is C28H31ClN2O5. The largest absolute Gasteiger partial charge is 0.507 e. The van der Waals surface area contributed by atoms with E-state index >= 15 is 0 Å². The number of amides is 1. The van der Waals surface area contributed by atoms with E-state index in [0.717, 1.165) is 25.2 Å². The summed E-state index contributed by atoms with van der Waals surface area (Å²) < 4.78 is 11.0. The van der Waals surface area contributed by atoms with Crippen molar-refractivity contribution in [2.75, 3.05) is 46.0 Å². The van der Waals surface area contributed by atoms with Crippen LogP contribution >= 0.6 is 11.6 Å². The zero-order valence-corrected chi connectivity index (χ0v) is 21.2. The van der Waals surface area contributed by atoms with E-state index in [1.807, 2.05) is 6.92 Å². The Bertz CT molecular complexity index is 1160. The summed E-state index contributed by atoms with van der Waals surface area (Å²) in [5.74, 6) is -0.851. The molecule has 2 aliphatic rings. The Kier molecular flexibility index (Phi) is 8.46. The lowest BCUT2D eigenvalue weighted by Gasteiger charge is -2.29. The van der Waals surface area contributed by atoms with Crippen molar-refractivity contribution in [3.8, 4) is 5.75 Å². The van der Waals surface area contributed by atoms with E-state index in [1.165, 1.54) is 0 Å². The highest BCUT2D eigenvalue weighted by atomic mass is 35.5. The van der Waals surface area contributed by atoms with Crippen molar-refractivity contribution in [3.05, 3.63) is 82.4 Å². The lowest BCUT2D eigenvalue weighted by Crippen LogP contribution is -2.38. The average Bonchev–Trinajstić information content (AvgIpc) is 3.13. The number of Topliss-reactive ketones (excluding diaryl/α,β-unsaturated/α-hetero) is 1. The van der Waals surface area contributed by atoms with Gasteiger partial charge in [-0.1, -0.05) is 36.4 Å². The van der Waals surface area contributed by atoms with Gasteiger partial charge >= 0.3 is 0 Å². The van der Waals surface area contributed by atoms with Crippen LogP contribution in [0.3, 0.4) is 0 Å². The highest BCUT2D eigenvalue weighted by Crippen LogP contribution is 2.40. The Hall–Kier alpha value is -3.13. The highest BCUT2D eigenvalue weighted by Gasteiger charge is 2.45. The van der Waals surface area contributed by atoms with Crippen LogP contribution in [0.5, 0.6) is 5.75 Å². The van der Waals surface area contributed by atoms with Crippen molar-refractivity contribution in [1.82, 2.24) is 9.80 Å². The maximum atomic E-state index is 13.2. The second kappa shape index (κ2) is 11.7. The number of carbonyl (C=O) groups is 2. The van der Waals surface area contributed by atoms with Crippen LogP contribution in [-0.4, -0.2) is 72.6 Å². The molecule has 2 heterocycles. The zero-order valence-electron chi connectivity index (χ0n) is 20.4. The SMILES string of the molecule is C=CCOc1ccc(C(O)=C2C(=O)C(=O)N(CCCN3CCOCC3)[C@H]2c2ccc(Cl)cc2)cc1C. The van der Waals surface area contributed by atoms with Gasteiger partial charge in [-0.3, -0.25) is 14.5 Å². The van der Waals surface area contributed by atoms with Crippen molar-refractivity contribution in [2.24, 2.45) is 0 Å². The van der Waals surface area contributed by atoms with Crippen molar-refractivity contribution < 1.29 is 24.2 Å². The minimum absolute atomic E-state index is 0.0767. The number of aliphatic hydroxyl groups is 1. The first kappa shape index (κ1) is 25.9. The van der Waals surface area contributed by atoms with Crippen LogP contribution < -0.4 is 4.74 Å². The van der Waals surface area contributed by atoms with Gasteiger partial charge in [0.15, 0.2) is 0 Å². The van der Waals surface area contributed by atoms with Crippen LogP contribution in [0.4, 0.5) is 0 Å². The third kappa shape index (κ3) is 5.64. The van der Waals surface area contributed by atoms with Gasteiger partial charge < -0.3 is 19.5 Å². The van der Waals surface area contributed by atoms with Gasteiger partial charge in [-0.25, -0.2) is 0 Å². The smallest absolute Gasteiger partial charge is 0.295 e. The van der Waals surface area contributed by atoms with E-state index in [1.54, 1.807) is 53.4 Å². The summed E-state index contributed by atoms with van der Waals surface area (Å²) in [4.78, 5) is 30.3. The highest BCUT2D eigenvalue weighted by molar-refractivity contribution is 6.46. The Labute approximate surface area is 216 Å². The van der Waals surface area contributed by atoms with Crippen LogP contribution in [0.15, 0.2) is 60.7 Å². The molecule has 36 heavy (non-hydrogen) atoms. The quantitative estimate of drug-likeness (QED) is 0.234. The fourth-order valence-corrected chi connectivity index (χ4v) is 4.78. The molecule has 2 saturated heterocycles. The van der Waals surface area contributed by atoms with E-state index in [-0.39, 0.29) is 11.3 Å². The fraction of sp³-hybridized carbons (Fsp3) is 0.357. The summed E-state index contributed by atoms with van der Waals surface area (Å²) in [7, 11) is 0. The number of hydrogen-bond donors (Lipinski definition) is 1. The molecular weight excluding hydrogens is 480 g/mol. The molecule has 0 bridgehead atoms. The molecule has 1 N–H and O–H groups in total. The van der Waals surface area contributed by atoms with Crippen LogP contribution in [0.1, 0.15) is 29.2 Å². The molecule has 0 saturated carbocycles.